The molecule has 1 saturated heterocycles. The van der Waals surface area contributed by atoms with Crippen molar-refractivity contribution in [2.24, 2.45) is 5.92 Å². The number of likely N-dealkylation sites (tertiary alicyclic amines) is 1. The van der Waals surface area contributed by atoms with E-state index in [9.17, 15) is 18.4 Å². The Bertz CT molecular complexity index is 977. The first-order valence-electron chi connectivity index (χ1n) is 11.5. The molecule has 33 heavy (non-hydrogen) atoms. The molecule has 0 aromatic heterocycles. The number of benzene rings is 2. The zero-order valence-corrected chi connectivity index (χ0v) is 20.0. The molecule has 0 bridgehead atoms. The Morgan fingerprint density at radius 1 is 1.12 bits per heavy atom. The fourth-order valence-electron chi connectivity index (χ4n) is 4.60. The number of hydrogen-bond acceptors (Lipinski definition) is 2. The van der Waals surface area contributed by atoms with Gasteiger partial charge < -0.3 is 9.80 Å². The predicted octanol–water partition coefficient (Wildman–Crippen LogP) is 5.27. The summed E-state index contributed by atoms with van der Waals surface area (Å²) >= 11 is 6.20. The van der Waals surface area contributed by atoms with Gasteiger partial charge in [0.2, 0.25) is 11.8 Å². The molecule has 1 aliphatic rings. The van der Waals surface area contributed by atoms with Crippen LogP contribution in [0.5, 0.6) is 0 Å². The zero-order chi connectivity index (χ0) is 24.0. The molecular weight excluding hydrogens is 446 g/mol. The summed E-state index contributed by atoms with van der Waals surface area (Å²) in [4.78, 5) is 28.8. The lowest BCUT2D eigenvalue weighted by atomic mass is 9.84. The Morgan fingerprint density at radius 3 is 2.45 bits per heavy atom. The van der Waals surface area contributed by atoms with Crippen molar-refractivity contribution in [3.63, 3.8) is 0 Å². The molecule has 0 unspecified atom stereocenters. The highest BCUT2D eigenvalue weighted by Gasteiger charge is 2.32. The minimum atomic E-state index is -0.616. The lowest BCUT2D eigenvalue weighted by molar-refractivity contribution is -0.136. The van der Waals surface area contributed by atoms with E-state index in [4.69, 9.17) is 11.6 Å². The molecule has 1 aliphatic heterocycles. The summed E-state index contributed by atoms with van der Waals surface area (Å²) in [5.74, 6) is -1.00. The maximum Gasteiger partial charge on any atom is 0.222 e. The van der Waals surface area contributed by atoms with Gasteiger partial charge in [0.05, 0.1) is 0 Å². The van der Waals surface area contributed by atoms with Gasteiger partial charge in [0.15, 0.2) is 0 Å². The van der Waals surface area contributed by atoms with Crippen molar-refractivity contribution in [1.29, 1.82) is 0 Å². The van der Waals surface area contributed by atoms with Crippen LogP contribution in [0, 0.1) is 17.6 Å². The molecule has 4 nitrogen and oxygen atoms in total. The molecule has 0 N–H and O–H groups in total. The van der Waals surface area contributed by atoms with Crippen LogP contribution < -0.4 is 0 Å². The first-order chi connectivity index (χ1) is 15.8. The standard InChI is InChI=1S/C26H31ClF2N2O2/c1-3-25(32)30(2)24(16-20-8-10-21(28)17-23(20)29)19-12-14-31(15-13-19)26(33)11-9-18-6-4-5-7-22(18)27/h4-8,10,17,19,24H,3,9,11-16H2,1-2H3/t24-/m1/s1. The molecule has 0 radical (unpaired) electrons. The van der Waals surface area contributed by atoms with E-state index >= 15 is 0 Å². The summed E-state index contributed by atoms with van der Waals surface area (Å²) in [6.45, 7) is 3.00. The second kappa shape index (κ2) is 11.6. The Hall–Kier alpha value is -2.47. The van der Waals surface area contributed by atoms with Crippen LogP contribution in [0.1, 0.15) is 43.7 Å². The van der Waals surface area contributed by atoms with E-state index in [-0.39, 0.29) is 23.8 Å². The van der Waals surface area contributed by atoms with Crippen LogP contribution in [0.4, 0.5) is 8.78 Å². The molecule has 0 aliphatic carbocycles. The largest absolute Gasteiger partial charge is 0.343 e. The van der Waals surface area contributed by atoms with Crippen LogP contribution >= 0.6 is 11.6 Å². The highest BCUT2D eigenvalue weighted by Crippen LogP contribution is 2.28. The van der Waals surface area contributed by atoms with Crippen molar-refractivity contribution in [2.45, 2.75) is 51.5 Å². The Balaban J connectivity index is 1.63. The third kappa shape index (κ3) is 6.53. The minimum absolute atomic E-state index is 0.0132. The van der Waals surface area contributed by atoms with Gasteiger partial charge in [-0.05, 0) is 54.9 Å². The van der Waals surface area contributed by atoms with E-state index in [1.165, 1.54) is 12.1 Å². The second-order valence-electron chi connectivity index (χ2n) is 8.68. The molecule has 1 heterocycles. The maximum atomic E-state index is 14.3. The fraction of sp³-hybridized carbons (Fsp3) is 0.462. The first-order valence-corrected chi connectivity index (χ1v) is 11.9. The number of aryl methyl sites for hydroxylation is 1. The molecule has 1 atom stereocenters. The Morgan fingerprint density at radius 2 is 1.82 bits per heavy atom. The minimum Gasteiger partial charge on any atom is -0.343 e. The summed E-state index contributed by atoms with van der Waals surface area (Å²) in [7, 11) is 1.75. The van der Waals surface area contributed by atoms with Crippen LogP contribution in [-0.4, -0.2) is 47.8 Å². The highest BCUT2D eigenvalue weighted by molar-refractivity contribution is 6.31. The number of rotatable bonds is 8. The molecule has 1 fully saturated rings. The lowest BCUT2D eigenvalue weighted by Crippen LogP contribution is -2.48. The van der Waals surface area contributed by atoms with Crippen LogP contribution in [-0.2, 0) is 22.4 Å². The molecule has 0 spiro atoms. The van der Waals surface area contributed by atoms with Gasteiger partial charge in [0, 0.05) is 50.1 Å². The smallest absolute Gasteiger partial charge is 0.222 e. The summed E-state index contributed by atoms with van der Waals surface area (Å²) in [5, 5.41) is 0.670. The number of carbonyl (C=O) groups excluding carboxylic acids is 2. The van der Waals surface area contributed by atoms with Gasteiger partial charge in [-0.25, -0.2) is 8.78 Å². The van der Waals surface area contributed by atoms with Crippen molar-refractivity contribution >= 4 is 23.4 Å². The summed E-state index contributed by atoms with van der Waals surface area (Å²) in [6.07, 6.45) is 3.13. The molecular formula is C26H31ClF2N2O2. The molecule has 2 aromatic rings. The van der Waals surface area contributed by atoms with Gasteiger partial charge in [0.25, 0.3) is 0 Å². The van der Waals surface area contributed by atoms with E-state index in [2.05, 4.69) is 0 Å². The average Bonchev–Trinajstić information content (AvgIpc) is 2.82. The fourth-order valence-corrected chi connectivity index (χ4v) is 4.83. The topological polar surface area (TPSA) is 40.6 Å². The van der Waals surface area contributed by atoms with Crippen LogP contribution in [0.2, 0.25) is 5.02 Å². The number of halogens is 3. The molecule has 178 valence electrons. The zero-order valence-electron chi connectivity index (χ0n) is 19.2. The van der Waals surface area contributed by atoms with Gasteiger partial charge >= 0.3 is 0 Å². The van der Waals surface area contributed by atoms with Crippen molar-refractivity contribution in [1.82, 2.24) is 9.80 Å². The van der Waals surface area contributed by atoms with Gasteiger partial charge in [-0.1, -0.05) is 42.8 Å². The highest BCUT2D eigenvalue weighted by atomic mass is 35.5. The molecule has 2 amide bonds. The lowest BCUT2D eigenvalue weighted by Gasteiger charge is -2.40. The number of likely N-dealkylation sites (N-methyl/N-ethyl adjacent to an activating group) is 1. The number of nitrogens with zero attached hydrogens (tertiary/aromatic N) is 2. The van der Waals surface area contributed by atoms with E-state index in [1.807, 2.05) is 29.2 Å². The SMILES string of the molecule is CCC(=O)N(C)[C@H](Cc1ccc(F)cc1F)C1CCN(C(=O)CCc2ccccc2Cl)CC1. The van der Waals surface area contributed by atoms with Crippen LogP contribution in [0.15, 0.2) is 42.5 Å². The second-order valence-corrected chi connectivity index (χ2v) is 9.08. The third-order valence-corrected chi connectivity index (χ3v) is 7.01. The molecule has 0 saturated carbocycles. The van der Waals surface area contributed by atoms with Gasteiger partial charge in [-0.3, -0.25) is 9.59 Å². The number of carbonyl (C=O) groups is 2. The number of piperidine rings is 1. The third-order valence-electron chi connectivity index (χ3n) is 6.64. The van der Waals surface area contributed by atoms with Crippen LogP contribution in [0.25, 0.3) is 0 Å². The van der Waals surface area contributed by atoms with Crippen molar-refractivity contribution in [3.05, 3.63) is 70.2 Å². The number of amides is 2. The van der Waals surface area contributed by atoms with E-state index < -0.39 is 11.6 Å². The Labute approximate surface area is 199 Å². The molecule has 7 heteroatoms. The number of hydrogen-bond donors (Lipinski definition) is 0. The van der Waals surface area contributed by atoms with Gasteiger partial charge in [-0.2, -0.15) is 0 Å². The van der Waals surface area contributed by atoms with E-state index in [0.717, 1.165) is 24.5 Å². The van der Waals surface area contributed by atoms with Crippen molar-refractivity contribution in [3.8, 4) is 0 Å². The summed E-state index contributed by atoms with van der Waals surface area (Å²) in [6, 6.07) is 10.9. The predicted molar refractivity (Wildman–Crippen MR) is 126 cm³/mol. The van der Waals surface area contributed by atoms with E-state index in [1.54, 1.807) is 18.9 Å². The van der Waals surface area contributed by atoms with E-state index in [0.29, 0.717) is 49.4 Å². The first kappa shape index (κ1) is 25.2. The monoisotopic (exact) mass is 476 g/mol. The maximum absolute atomic E-state index is 14.3. The van der Waals surface area contributed by atoms with Crippen molar-refractivity contribution in [2.75, 3.05) is 20.1 Å². The quantitative estimate of drug-likeness (QED) is 0.520. The van der Waals surface area contributed by atoms with Crippen LogP contribution in [0.3, 0.4) is 0 Å². The molecule has 2 aromatic carbocycles. The van der Waals surface area contributed by atoms with Crippen molar-refractivity contribution < 1.29 is 18.4 Å². The summed E-state index contributed by atoms with van der Waals surface area (Å²) < 4.78 is 27.7. The van der Waals surface area contributed by atoms with Gasteiger partial charge in [-0.15, -0.1) is 0 Å². The Kier molecular flexibility index (Phi) is 8.84. The normalized spacial score (nSPS) is 15.4. The average molecular weight is 477 g/mol. The van der Waals surface area contributed by atoms with Gasteiger partial charge in [0.1, 0.15) is 11.6 Å². The summed E-state index contributed by atoms with van der Waals surface area (Å²) in [5.41, 5.74) is 1.36. The molecule has 3 rings (SSSR count).